The molecular formula is C19H23N5O3S. The molecule has 148 valence electrons. The zero-order valence-electron chi connectivity index (χ0n) is 15.5. The van der Waals surface area contributed by atoms with Crippen LogP contribution >= 0.6 is 11.3 Å². The monoisotopic (exact) mass is 401 g/mol. The van der Waals surface area contributed by atoms with Crippen molar-refractivity contribution >= 4 is 28.8 Å². The SMILES string of the molecule is O=C(NCCN1CCOCC1)c1cccc(NC(=O)c2nnc(C3CC3)s2)c1. The van der Waals surface area contributed by atoms with E-state index in [1.807, 2.05) is 0 Å². The van der Waals surface area contributed by atoms with Crippen molar-refractivity contribution in [3.8, 4) is 0 Å². The summed E-state index contributed by atoms with van der Waals surface area (Å²) in [4.78, 5) is 27.0. The lowest BCUT2D eigenvalue weighted by molar-refractivity contribution is 0.0383. The fourth-order valence-corrected chi connectivity index (χ4v) is 3.91. The molecule has 9 heteroatoms. The minimum atomic E-state index is -0.297. The van der Waals surface area contributed by atoms with Crippen molar-refractivity contribution < 1.29 is 14.3 Å². The van der Waals surface area contributed by atoms with Gasteiger partial charge in [-0.3, -0.25) is 14.5 Å². The Morgan fingerprint density at radius 2 is 2.00 bits per heavy atom. The van der Waals surface area contributed by atoms with Crippen LogP contribution < -0.4 is 10.6 Å². The second-order valence-corrected chi connectivity index (χ2v) is 7.97. The van der Waals surface area contributed by atoms with Gasteiger partial charge in [0, 0.05) is 43.3 Å². The second kappa shape index (κ2) is 8.76. The summed E-state index contributed by atoms with van der Waals surface area (Å²) in [5.74, 6) is 0.0223. The molecule has 0 spiro atoms. The third kappa shape index (κ3) is 4.92. The highest BCUT2D eigenvalue weighted by Gasteiger charge is 2.28. The van der Waals surface area contributed by atoms with E-state index in [0.717, 1.165) is 50.7 Å². The summed E-state index contributed by atoms with van der Waals surface area (Å²) in [6.07, 6.45) is 2.25. The van der Waals surface area contributed by atoms with Crippen LogP contribution in [0.3, 0.4) is 0 Å². The van der Waals surface area contributed by atoms with Crippen LogP contribution in [-0.2, 0) is 4.74 Å². The molecule has 0 unspecified atom stereocenters. The van der Waals surface area contributed by atoms with Gasteiger partial charge in [0.1, 0.15) is 5.01 Å². The summed E-state index contributed by atoms with van der Waals surface area (Å²) < 4.78 is 5.32. The summed E-state index contributed by atoms with van der Waals surface area (Å²) in [7, 11) is 0. The lowest BCUT2D eigenvalue weighted by atomic mass is 10.2. The van der Waals surface area contributed by atoms with E-state index < -0.39 is 0 Å². The molecule has 28 heavy (non-hydrogen) atoms. The lowest BCUT2D eigenvalue weighted by Crippen LogP contribution is -2.41. The number of nitrogens with zero attached hydrogens (tertiary/aromatic N) is 3. The van der Waals surface area contributed by atoms with Crippen molar-refractivity contribution in [2.75, 3.05) is 44.7 Å². The average Bonchev–Trinajstić information content (AvgIpc) is 3.45. The number of hydrogen-bond acceptors (Lipinski definition) is 7. The number of morpholine rings is 1. The smallest absolute Gasteiger partial charge is 0.286 e. The van der Waals surface area contributed by atoms with Crippen LogP contribution in [0.4, 0.5) is 5.69 Å². The third-order valence-electron chi connectivity index (χ3n) is 4.76. The van der Waals surface area contributed by atoms with Crippen molar-refractivity contribution in [1.82, 2.24) is 20.4 Å². The van der Waals surface area contributed by atoms with Gasteiger partial charge in [-0.2, -0.15) is 0 Å². The number of amides is 2. The van der Waals surface area contributed by atoms with E-state index in [9.17, 15) is 9.59 Å². The van der Waals surface area contributed by atoms with E-state index in [0.29, 0.717) is 28.7 Å². The number of aromatic nitrogens is 2. The van der Waals surface area contributed by atoms with Crippen LogP contribution in [-0.4, -0.2) is 66.3 Å². The van der Waals surface area contributed by atoms with Crippen molar-refractivity contribution in [3.05, 3.63) is 39.8 Å². The molecule has 4 rings (SSSR count). The molecule has 1 aromatic heterocycles. The Morgan fingerprint density at radius 1 is 1.18 bits per heavy atom. The van der Waals surface area contributed by atoms with Gasteiger partial charge in [-0.1, -0.05) is 17.4 Å². The maximum Gasteiger partial charge on any atom is 0.286 e. The van der Waals surface area contributed by atoms with Crippen molar-refractivity contribution in [2.45, 2.75) is 18.8 Å². The number of anilines is 1. The summed E-state index contributed by atoms with van der Waals surface area (Å²) in [5, 5.41) is 15.1. The van der Waals surface area contributed by atoms with Crippen LogP contribution in [0.2, 0.25) is 0 Å². The fourth-order valence-electron chi connectivity index (χ4n) is 3.00. The number of hydrogen-bond donors (Lipinski definition) is 2. The molecule has 1 saturated heterocycles. The maximum atomic E-state index is 12.4. The first-order valence-electron chi connectivity index (χ1n) is 9.52. The van der Waals surface area contributed by atoms with Gasteiger partial charge >= 0.3 is 0 Å². The van der Waals surface area contributed by atoms with Gasteiger partial charge in [0.05, 0.1) is 13.2 Å². The highest BCUT2D eigenvalue weighted by Crippen LogP contribution is 2.41. The summed E-state index contributed by atoms with van der Waals surface area (Å²) in [6.45, 7) is 4.64. The van der Waals surface area contributed by atoms with Gasteiger partial charge in [-0.15, -0.1) is 10.2 Å². The van der Waals surface area contributed by atoms with Crippen molar-refractivity contribution in [1.29, 1.82) is 0 Å². The van der Waals surface area contributed by atoms with Gasteiger partial charge in [0.2, 0.25) is 5.01 Å². The third-order valence-corrected chi connectivity index (χ3v) is 5.85. The van der Waals surface area contributed by atoms with E-state index >= 15 is 0 Å². The van der Waals surface area contributed by atoms with Gasteiger partial charge < -0.3 is 15.4 Å². The van der Waals surface area contributed by atoms with Crippen molar-refractivity contribution in [3.63, 3.8) is 0 Å². The zero-order chi connectivity index (χ0) is 19.3. The van der Waals surface area contributed by atoms with E-state index in [1.165, 1.54) is 11.3 Å². The number of ether oxygens (including phenoxy) is 1. The van der Waals surface area contributed by atoms with Crippen LogP contribution in [0, 0.1) is 0 Å². The quantitative estimate of drug-likeness (QED) is 0.734. The molecule has 2 aromatic rings. The molecule has 0 atom stereocenters. The molecule has 1 aliphatic carbocycles. The maximum absolute atomic E-state index is 12.4. The van der Waals surface area contributed by atoms with E-state index in [2.05, 4.69) is 25.7 Å². The Morgan fingerprint density at radius 3 is 2.79 bits per heavy atom. The van der Waals surface area contributed by atoms with E-state index in [1.54, 1.807) is 24.3 Å². The van der Waals surface area contributed by atoms with E-state index in [-0.39, 0.29) is 11.8 Å². The van der Waals surface area contributed by atoms with Crippen molar-refractivity contribution in [2.24, 2.45) is 0 Å². The van der Waals surface area contributed by atoms with Crippen LogP contribution in [0.5, 0.6) is 0 Å². The van der Waals surface area contributed by atoms with Gasteiger partial charge in [0.15, 0.2) is 0 Å². The van der Waals surface area contributed by atoms with Gasteiger partial charge in [0.25, 0.3) is 11.8 Å². The molecule has 2 fully saturated rings. The highest BCUT2D eigenvalue weighted by molar-refractivity contribution is 7.13. The largest absolute Gasteiger partial charge is 0.379 e. The molecule has 1 aromatic carbocycles. The van der Waals surface area contributed by atoms with E-state index in [4.69, 9.17) is 4.74 Å². The molecule has 0 bridgehead atoms. The Labute approximate surface area is 167 Å². The van der Waals surface area contributed by atoms with Crippen LogP contribution in [0.25, 0.3) is 0 Å². The Balaban J connectivity index is 1.30. The molecule has 2 heterocycles. The molecule has 2 aliphatic rings. The molecular weight excluding hydrogens is 378 g/mol. The topological polar surface area (TPSA) is 96.5 Å². The van der Waals surface area contributed by atoms with Gasteiger partial charge in [-0.05, 0) is 31.0 Å². The van der Waals surface area contributed by atoms with Gasteiger partial charge in [-0.25, -0.2) is 0 Å². The lowest BCUT2D eigenvalue weighted by Gasteiger charge is -2.26. The minimum absolute atomic E-state index is 0.156. The standard InChI is InChI=1S/C19H23N5O3S/c25-16(20-6-7-24-8-10-27-11-9-24)14-2-1-3-15(12-14)21-17(26)19-23-22-18(28-19)13-4-5-13/h1-3,12-13H,4-11H2,(H,20,25)(H,21,26). The minimum Gasteiger partial charge on any atom is -0.379 e. The number of benzene rings is 1. The first kappa shape index (κ1) is 19.0. The zero-order valence-corrected chi connectivity index (χ0v) is 16.3. The predicted molar refractivity (Wildman–Crippen MR) is 106 cm³/mol. The van der Waals surface area contributed by atoms with Crippen LogP contribution in [0.15, 0.2) is 24.3 Å². The normalized spacial score (nSPS) is 17.3. The molecule has 1 saturated carbocycles. The first-order valence-corrected chi connectivity index (χ1v) is 10.3. The second-order valence-electron chi connectivity index (χ2n) is 6.96. The Hall–Kier alpha value is -2.36. The number of rotatable bonds is 7. The number of nitrogens with one attached hydrogen (secondary N) is 2. The molecule has 2 N–H and O–H groups in total. The summed E-state index contributed by atoms with van der Waals surface area (Å²) in [5.41, 5.74) is 1.07. The summed E-state index contributed by atoms with van der Waals surface area (Å²) in [6, 6.07) is 6.91. The molecule has 8 nitrogen and oxygen atoms in total. The number of carbonyl (C=O) groups is 2. The fraction of sp³-hybridized carbons (Fsp3) is 0.474. The predicted octanol–water partition coefficient (Wildman–Crippen LogP) is 1.73. The first-order chi connectivity index (χ1) is 13.7. The van der Waals surface area contributed by atoms with Crippen LogP contribution in [0.1, 0.15) is 43.9 Å². The Bertz CT molecular complexity index is 846. The highest BCUT2D eigenvalue weighted by atomic mass is 32.1. The Kier molecular flexibility index (Phi) is 5.94. The summed E-state index contributed by atoms with van der Waals surface area (Å²) >= 11 is 1.34. The molecule has 0 radical (unpaired) electrons. The average molecular weight is 401 g/mol. The number of carbonyl (C=O) groups excluding carboxylic acids is 2. The molecule has 1 aliphatic heterocycles. The molecule has 2 amide bonds.